The quantitative estimate of drug-likeness (QED) is 0.846. The van der Waals surface area contributed by atoms with Crippen molar-refractivity contribution in [2.45, 2.75) is 12.5 Å². The maximum atomic E-state index is 13.5. The van der Waals surface area contributed by atoms with E-state index < -0.39 is 35.4 Å². The molecule has 0 spiro atoms. The van der Waals surface area contributed by atoms with Crippen LogP contribution in [0.3, 0.4) is 0 Å². The molecule has 1 heterocycles. The van der Waals surface area contributed by atoms with Crippen molar-refractivity contribution in [2.24, 2.45) is 0 Å². The Bertz CT molecular complexity index is 506. The van der Waals surface area contributed by atoms with Gasteiger partial charge in [-0.2, -0.15) is 13.2 Å². The van der Waals surface area contributed by atoms with Crippen LogP contribution in [0.15, 0.2) is 12.1 Å². The predicted molar refractivity (Wildman–Crippen MR) is 53.0 cm³/mol. The lowest BCUT2D eigenvalue weighted by Gasteiger charge is -2.15. The Labute approximate surface area is 104 Å². The summed E-state index contributed by atoms with van der Waals surface area (Å²) in [7, 11) is 0. The SMILES string of the molecule is O=C(O)c1cc(C2OCCO2)cc(C(F)(F)F)c1F. The van der Waals surface area contributed by atoms with Gasteiger partial charge >= 0.3 is 12.1 Å². The van der Waals surface area contributed by atoms with Gasteiger partial charge < -0.3 is 14.6 Å². The lowest BCUT2D eigenvalue weighted by Crippen LogP contribution is -2.15. The van der Waals surface area contributed by atoms with Crippen LogP contribution in [0.5, 0.6) is 0 Å². The van der Waals surface area contributed by atoms with Gasteiger partial charge in [-0.25, -0.2) is 9.18 Å². The number of hydrogen-bond donors (Lipinski definition) is 1. The Balaban J connectivity index is 2.57. The molecule has 0 atom stereocenters. The van der Waals surface area contributed by atoms with E-state index >= 15 is 0 Å². The number of halogens is 4. The number of benzene rings is 1. The second-order valence-electron chi connectivity index (χ2n) is 3.81. The highest BCUT2D eigenvalue weighted by atomic mass is 19.4. The number of carboxylic acid groups (broad SMARTS) is 1. The number of alkyl halides is 3. The molecule has 0 unspecified atom stereocenters. The molecule has 1 aromatic carbocycles. The van der Waals surface area contributed by atoms with Gasteiger partial charge in [-0.3, -0.25) is 0 Å². The fraction of sp³-hybridized carbons (Fsp3) is 0.364. The summed E-state index contributed by atoms with van der Waals surface area (Å²) in [6.45, 7) is 0.345. The second-order valence-corrected chi connectivity index (χ2v) is 3.81. The van der Waals surface area contributed by atoms with Crippen molar-refractivity contribution >= 4 is 5.97 Å². The van der Waals surface area contributed by atoms with Gasteiger partial charge in [0, 0.05) is 5.56 Å². The van der Waals surface area contributed by atoms with Gasteiger partial charge in [0.25, 0.3) is 0 Å². The zero-order chi connectivity index (χ0) is 14.2. The first-order valence-corrected chi connectivity index (χ1v) is 5.18. The summed E-state index contributed by atoms with van der Waals surface area (Å²) in [5, 5.41) is 8.73. The van der Waals surface area contributed by atoms with Crippen molar-refractivity contribution in [2.75, 3.05) is 13.2 Å². The number of carbonyl (C=O) groups is 1. The summed E-state index contributed by atoms with van der Waals surface area (Å²) in [4.78, 5) is 10.8. The third-order valence-electron chi connectivity index (χ3n) is 2.52. The molecule has 1 N–H and O–H groups in total. The number of aromatic carboxylic acids is 1. The molecule has 104 valence electrons. The first-order chi connectivity index (χ1) is 8.80. The van der Waals surface area contributed by atoms with Gasteiger partial charge in [0.05, 0.1) is 24.3 Å². The van der Waals surface area contributed by atoms with Crippen molar-refractivity contribution < 1.29 is 36.9 Å². The molecule has 1 fully saturated rings. The van der Waals surface area contributed by atoms with E-state index in [9.17, 15) is 22.4 Å². The van der Waals surface area contributed by atoms with Gasteiger partial charge in [-0.15, -0.1) is 0 Å². The molecule has 1 aromatic rings. The van der Waals surface area contributed by atoms with E-state index in [0.29, 0.717) is 6.07 Å². The van der Waals surface area contributed by atoms with E-state index in [-0.39, 0.29) is 18.8 Å². The molecule has 0 bridgehead atoms. The fourth-order valence-corrected chi connectivity index (χ4v) is 1.70. The third kappa shape index (κ3) is 2.69. The van der Waals surface area contributed by atoms with E-state index in [1.165, 1.54) is 0 Å². The Hall–Kier alpha value is -1.67. The molecular weight excluding hydrogens is 272 g/mol. The molecule has 0 aromatic heterocycles. The molecule has 1 saturated heterocycles. The summed E-state index contributed by atoms with van der Waals surface area (Å²) >= 11 is 0. The number of ether oxygens (including phenoxy) is 2. The van der Waals surface area contributed by atoms with Crippen LogP contribution >= 0.6 is 0 Å². The van der Waals surface area contributed by atoms with Gasteiger partial charge in [0.2, 0.25) is 0 Å². The van der Waals surface area contributed by atoms with Crippen molar-refractivity contribution in [3.8, 4) is 0 Å². The van der Waals surface area contributed by atoms with Crippen LogP contribution in [0, 0.1) is 5.82 Å². The van der Waals surface area contributed by atoms with Crippen LogP contribution in [0.25, 0.3) is 0 Å². The summed E-state index contributed by atoms with van der Waals surface area (Å²) < 4.78 is 61.4. The van der Waals surface area contributed by atoms with E-state index in [2.05, 4.69) is 0 Å². The molecular formula is C11H8F4O4. The van der Waals surface area contributed by atoms with Crippen LogP contribution in [-0.2, 0) is 15.7 Å². The second kappa shape index (κ2) is 4.78. The van der Waals surface area contributed by atoms with Crippen molar-refractivity contribution in [3.05, 3.63) is 34.6 Å². The minimum Gasteiger partial charge on any atom is -0.478 e. The summed E-state index contributed by atoms with van der Waals surface area (Å²) in [5.74, 6) is -3.61. The summed E-state index contributed by atoms with van der Waals surface area (Å²) in [6.07, 6.45) is -6.11. The lowest BCUT2D eigenvalue weighted by molar-refractivity contribution is -0.140. The zero-order valence-corrected chi connectivity index (χ0v) is 9.33. The zero-order valence-electron chi connectivity index (χ0n) is 9.33. The topological polar surface area (TPSA) is 55.8 Å². The molecule has 2 rings (SSSR count). The molecule has 1 aliphatic rings. The normalized spacial score (nSPS) is 16.8. The number of rotatable bonds is 2. The standard InChI is InChI=1S/C11H8F4O4/c12-8-6(9(16)17)3-5(10-18-1-2-19-10)4-7(8)11(13,14)15/h3-4,10H,1-2H2,(H,16,17). The van der Waals surface area contributed by atoms with Crippen molar-refractivity contribution in [3.63, 3.8) is 0 Å². The summed E-state index contributed by atoms with van der Waals surface area (Å²) in [5.41, 5.74) is -2.89. The van der Waals surface area contributed by atoms with Gasteiger partial charge in [-0.05, 0) is 12.1 Å². The molecule has 4 nitrogen and oxygen atoms in total. The molecule has 0 saturated carbocycles. The van der Waals surface area contributed by atoms with Gasteiger partial charge in [0.1, 0.15) is 5.82 Å². The molecule has 0 radical (unpaired) electrons. The number of hydrogen-bond acceptors (Lipinski definition) is 3. The van der Waals surface area contributed by atoms with E-state index in [4.69, 9.17) is 14.6 Å². The average molecular weight is 280 g/mol. The fourth-order valence-electron chi connectivity index (χ4n) is 1.70. The third-order valence-corrected chi connectivity index (χ3v) is 2.52. The van der Waals surface area contributed by atoms with Gasteiger partial charge in [-0.1, -0.05) is 0 Å². The molecule has 19 heavy (non-hydrogen) atoms. The maximum Gasteiger partial charge on any atom is 0.419 e. The largest absolute Gasteiger partial charge is 0.478 e. The molecule has 8 heteroatoms. The van der Waals surface area contributed by atoms with E-state index in [1.807, 2.05) is 0 Å². The highest BCUT2D eigenvalue weighted by Crippen LogP contribution is 2.36. The summed E-state index contributed by atoms with van der Waals surface area (Å²) in [6, 6.07) is 1.28. The van der Waals surface area contributed by atoms with E-state index in [0.717, 1.165) is 6.07 Å². The van der Waals surface area contributed by atoms with Crippen LogP contribution in [0.2, 0.25) is 0 Å². The molecule has 0 aliphatic carbocycles. The number of carboxylic acids is 1. The van der Waals surface area contributed by atoms with Crippen LogP contribution in [-0.4, -0.2) is 24.3 Å². The average Bonchev–Trinajstić information content (AvgIpc) is 2.80. The van der Waals surface area contributed by atoms with Gasteiger partial charge in [0.15, 0.2) is 6.29 Å². The molecule has 0 amide bonds. The van der Waals surface area contributed by atoms with Crippen molar-refractivity contribution in [1.82, 2.24) is 0 Å². The molecule has 1 aliphatic heterocycles. The van der Waals surface area contributed by atoms with Crippen LogP contribution in [0.1, 0.15) is 27.8 Å². The monoisotopic (exact) mass is 280 g/mol. The lowest BCUT2D eigenvalue weighted by atomic mass is 10.0. The highest BCUT2D eigenvalue weighted by Gasteiger charge is 2.37. The Kier molecular flexibility index (Phi) is 3.46. The van der Waals surface area contributed by atoms with Crippen LogP contribution in [0.4, 0.5) is 17.6 Å². The van der Waals surface area contributed by atoms with Crippen molar-refractivity contribution in [1.29, 1.82) is 0 Å². The van der Waals surface area contributed by atoms with Crippen LogP contribution < -0.4 is 0 Å². The Morgan fingerprint density at radius 3 is 2.32 bits per heavy atom. The highest BCUT2D eigenvalue weighted by molar-refractivity contribution is 5.88. The Morgan fingerprint density at radius 1 is 1.26 bits per heavy atom. The smallest absolute Gasteiger partial charge is 0.419 e. The minimum atomic E-state index is -5.00. The minimum absolute atomic E-state index is 0.172. The maximum absolute atomic E-state index is 13.5. The van der Waals surface area contributed by atoms with E-state index in [1.54, 1.807) is 0 Å². The Morgan fingerprint density at radius 2 is 1.84 bits per heavy atom. The first-order valence-electron chi connectivity index (χ1n) is 5.18. The predicted octanol–water partition coefficient (Wildman–Crippen LogP) is 2.59. The first kappa shape index (κ1) is 13.8.